The Kier molecular flexibility index (Phi) is 7.72. The monoisotopic (exact) mass is 648 g/mol. The predicted molar refractivity (Wildman–Crippen MR) is 164 cm³/mol. The van der Waals surface area contributed by atoms with E-state index >= 15 is 0 Å². The molecule has 1 N–H and O–H groups in total. The Morgan fingerprint density at radius 3 is 2.43 bits per heavy atom. The third-order valence-corrected chi connectivity index (χ3v) is 8.99. The van der Waals surface area contributed by atoms with Crippen LogP contribution in [0.5, 0.6) is 5.75 Å². The van der Waals surface area contributed by atoms with Crippen LogP contribution < -0.4 is 15.7 Å². The standard InChI is InChI=1S/C32H30BrClN4O4/c1-19-17-37-28(18-36(19)31(40)22-8-15-26(33)27(34)16-22)29(30(39)35-20(2)21-6-4-3-5-7-21)38(32(37)41)23-9-11-24(12-10-23)42-25-13-14-25/h3-12,15-16,19-20,25H,13-14,17-18H2,1-2H3,(H,35,39). The lowest BCUT2D eigenvalue weighted by Crippen LogP contribution is -2.47. The summed E-state index contributed by atoms with van der Waals surface area (Å²) in [5.74, 6) is 0.0959. The Morgan fingerprint density at radius 2 is 1.76 bits per heavy atom. The Labute approximate surface area is 257 Å². The molecule has 8 nitrogen and oxygen atoms in total. The summed E-state index contributed by atoms with van der Waals surface area (Å²) < 4.78 is 9.64. The molecule has 0 saturated heterocycles. The van der Waals surface area contributed by atoms with E-state index in [1.165, 1.54) is 4.57 Å². The molecule has 3 aromatic carbocycles. The van der Waals surface area contributed by atoms with Crippen molar-refractivity contribution >= 4 is 39.3 Å². The number of nitrogens with one attached hydrogen (secondary N) is 1. The van der Waals surface area contributed by atoms with Gasteiger partial charge < -0.3 is 15.0 Å². The van der Waals surface area contributed by atoms with Crippen LogP contribution in [0.1, 0.15) is 64.8 Å². The first kappa shape index (κ1) is 28.3. The molecule has 2 atom stereocenters. The van der Waals surface area contributed by atoms with E-state index in [2.05, 4.69) is 21.2 Å². The molecule has 1 saturated carbocycles. The highest BCUT2D eigenvalue weighted by Crippen LogP contribution is 2.30. The summed E-state index contributed by atoms with van der Waals surface area (Å²) in [5, 5.41) is 3.50. The molecule has 2 heterocycles. The van der Waals surface area contributed by atoms with Gasteiger partial charge in [0.1, 0.15) is 11.4 Å². The van der Waals surface area contributed by atoms with Gasteiger partial charge in [0.05, 0.1) is 35.1 Å². The van der Waals surface area contributed by atoms with Crippen LogP contribution in [-0.2, 0) is 13.1 Å². The lowest BCUT2D eigenvalue weighted by atomic mass is 10.1. The number of hydrogen-bond donors (Lipinski definition) is 1. The lowest BCUT2D eigenvalue weighted by molar-refractivity contribution is 0.0610. The van der Waals surface area contributed by atoms with Crippen molar-refractivity contribution in [3.8, 4) is 11.4 Å². The minimum Gasteiger partial charge on any atom is -0.490 e. The molecule has 10 heteroatoms. The van der Waals surface area contributed by atoms with Gasteiger partial charge in [0.25, 0.3) is 11.8 Å². The Morgan fingerprint density at radius 1 is 1.05 bits per heavy atom. The molecule has 0 spiro atoms. The highest BCUT2D eigenvalue weighted by molar-refractivity contribution is 9.10. The zero-order chi connectivity index (χ0) is 29.5. The van der Waals surface area contributed by atoms with Gasteiger partial charge in [-0.2, -0.15) is 0 Å². The average Bonchev–Trinajstić information content (AvgIpc) is 3.76. The molecule has 1 aromatic heterocycles. The SMILES string of the molecule is CC(NC(=O)c1c2n(c(=O)n1-c1ccc(OC3CC3)cc1)CC(C)N(C(=O)c1ccc(Br)c(Cl)c1)C2)c1ccccc1. The number of aromatic nitrogens is 2. The second kappa shape index (κ2) is 11.5. The number of nitrogens with zero attached hydrogens (tertiary/aromatic N) is 3. The topological polar surface area (TPSA) is 85.6 Å². The molecule has 2 amide bonds. The van der Waals surface area contributed by atoms with Crippen LogP contribution in [0.15, 0.2) is 82.1 Å². The summed E-state index contributed by atoms with van der Waals surface area (Å²) in [6.45, 7) is 4.12. The Bertz CT molecular complexity index is 1710. The van der Waals surface area contributed by atoms with Gasteiger partial charge in [-0.25, -0.2) is 4.79 Å². The number of hydrogen-bond acceptors (Lipinski definition) is 4. The Hall–Kier alpha value is -3.82. The van der Waals surface area contributed by atoms with Crippen molar-refractivity contribution < 1.29 is 14.3 Å². The van der Waals surface area contributed by atoms with Crippen molar-refractivity contribution in [2.24, 2.45) is 0 Å². The van der Waals surface area contributed by atoms with E-state index in [1.54, 1.807) is 39.8 Å². The number of carbonyl (C=O) groups is 2. The third-order valence-electron chi connectivity index (χ3n) is 7.76. The summed E-state index contributed by atoms with van der Waals surface area (Å²) in [7, 11) is 0. The van der Waals surface area contributed by atoms with Crippen LogP contribution in [0, 0.1) is 0 Å². The Balaban J connectivity index is 1.40. The highest BCUT2D eigenvalue weighted by Gasteiger charge is 2.36. The molecule has 4 aromatic rings. The molecule has 1 aliphatic carbocycles. The molecule has 1 fully saturated rings. The van der Waals surface area contributed by atoms with Crippen molar-refractivity contribution in [3.63, 3.8) is 0 Å². The minimum atomic E-state index is -0.399. The van der Waals surface area contributed by atoms with Gasteiger partial charge in [0.15, 0.2) is 0 Å². The quantitative estimate of drug-likeness (QED) is 0.261. The second-order valence-electron chi connectivity index (χ2n) is 10.9. The van der Waals surface area contributed by atoms with Crippen LogP contribution >= 0.6 is 27.5 Å². The maximum atomic E-state index is 14.0. The van der Waals surface area contributed by atoms with Gasteiger partial charge in [0.2, 0.25) is 0 Å². The van der Waals surface area contributed by atoms with Crippen LogP contribution in [-0.4, -0.2) is 38.0 Å². The molecule has 0 bridgehead atoms. The van der Waals surface area contributed by atoms with Gasteiger partial charge in [-0.1, -0.05) is 41.9 Å². The zero-order valence-electron chi connectivity index (χ0n) is 23.2. The van der Waals surface area contributed by atoms with Crippen molar-refractivity contribution in [1.29, 1.82) is 0 Å². The fourth-order valence-electron chi connectivity index (χ4n) is 5.30. The fraction of sp³-hybridized carbons (Fsp3) is 0.281. The summed E-state index contributed by atoms with van der Waals surface area (Å²) in [6, 6.07) is 21.3. The van der Waals surface area contributed by atoms with E-state index in [0.717, 1.165) is 24.2 Å². The summed E-state index contributed by atoms with van der Waals surface area (Å²) in [4.78, 5) is 43.3. The average molecular weight is 650 g/mol. The van der Waals surface area contributed by atoms with E-state index in [4.69, 9.17) is 16.3 Å². The van der Waals surface area contributed by atoms with Gasteiger partial charge in [-0.3, -0.25) is 18.7 Å². The van der Waals surface area contributed by atoms with Crippen molar-refractivity contribution in [3.05, 3.63) is 115 Å². The van der Waals surface area contributed by atoms with Gasteiger partial charge in [0, 0.05) is 22.6 Å². The molecule has 0 radical (unpaired) electrons. The van der Waals surface area contributed by atoms with E-state index in [1.807, 2.05) is 56.3 Å². The number of rotatable bonds is 7. The van der Waals surface area contributed by atoms with Crippen LogP contribution in [0.4, 0.5) is 0 Å². The lowest BCUT2D eigenvalue weighted by Gasteiger charge is -2.34. The fourth-order valence-corrected chi connectivity index (χ4v) is 5.73. The molecular weight excluding hydrogens is 620 g/mol. The van der Waals surface area contributed by atoms with Crippen LogP contribution in [0.2, 0.25) is 5.02 Å². The number of amides is 2. The van der Waals surface area contributed by atoms with E-state index < -0.39 is 5.91 Å². The largest absolute Gasteiger partial charge is 0.490 e. The summed E-state index contributed by atoms with van der Waals surface area (Å²) >= 11 is 9.66. The zero-order valence-corrected chi connectivity index (χ0v) is 25.6. The molecule has 1 aliphatic heterocycles. The van der Waals surface area contributed by atoms with Crippen LogP contribution in [0.3, 0.4) is 0 Å². The van der Waals surface area contributed by atoms with Crippen molar-refractivity contribution in [2.45, 2.75) is 58.0 Å². The van der Waals surface area contributed by atoms with Gasteiger partial charge >= 0.3 is 5.69 Å². The molecule has 216 valence electrons. The first-order chi connectivity index (χ1) is 20.2. The van der Waals surface area contributed by atoms with E-state index in [9.17, 15) is 14.4 Å². The summed E-state index contributed by atoms with van der Waals surface area (Å²) in [5.41, 5.74) is 2.27. The van der Waals surface area contributed by atoms with Gasteiger partial charge in [-0.15, -0.1) is 0 Å². The maximum absolute atomic E-state index is 14.0. The first-order valence-corrected chi connectivity index (χ1v) is 15.1. The number of imidazole rings is 1. The number of benzene rings is 3. The van der Waals surface area contributed by atoms with E-state index in [0.29, 0.717) is 26.4 Å². The molecule has 6 rings (SSSR count). The highest BCUT2D eigenvalue weighted by atomic mass is 79.9. The number of halogens is 2. The first-order valence-electron chi connectivity index (χ1n) is 13.9. The van der Waals surface area contributed by atoms with Gasteiger partial charge in [-0.05, 0) is 90.6 Å². The third kappa shape index (κ3) is 5.51. The second-order valence-corrected chi connectivity index (χ2v) is 12.1. The molecule has 2 unspecified atom stereocenters. The van der Waals surface area contributed by atoms with Crippen molar-refractivity contribution in [1.82, 2.24) is 19.4 Å². The summed E-state index contributed by atoms with van der Waals surface area (Å²) in [6.07, 6.45) is 2.32. The smallest absolute Gasteiger partial charge is 0.333 e. The molecule has 2 aliphatic rings. The minimum absolute atomic E-state index is 0.0846. The number of fused-ring (bicyclic) bond motifs is 1. The van der Waals surface area contributed by atoms with Crippen molar-refractivity contribution in [2.75, 3.05) is 0 Å². The maximum Gasteiger partial charge on any atom is 0.333 e. The molecular formula is C32H30BrClN4O4. The van der Waals surface area contributed by atoms with E-state index in [-0.39, 0.29) is 48.6 Å². The normalized spacial score (nSPS) is 17.0. The number of carbonyl (C=O) groups excluding carboxylic acids is 2. The predicted octanol–water partition coefficient (Wildman–Crippen LogP) is 6.13. The molecule has 42 heavy (non-hydrogen) atoms. The number of ether oxygens (including phenoxy) is 1. The van der Waals surface area contributed by atoms with Crippen LogP contribution in [0.25, 0.3) is 5.69 Å².